The van der Waals surface area contributed by atoms with Gasteiger partial charge < -0.3 is 5.11 Å². The number of nitrogens with zero attached hydrogens (tertiary/aromatic N) is 4. The van der Waals surface area contributed by atoms with Crippen LogP contribution >= 0.6 is 11.8 Å². The Kier molecular flexibility index (Phi) is 4.10. The highest BCUT2D eigenvalue weighted by atomic mass is 32.2. The second-order valence-electron chi connectivity index (χ2n) is 4.21. The molecule has 1 aromatic rings. The molecule has 1 aliphatic rings. The Hall–Kier alpha value is -0.830. The summed E-state index contributed by atoms with van der Waals surface area (Å²) in [6.07, 6.45) is -2.89. The van der Waals surface area contributed by atoms with Crippen molar-refractivity contribution < 1.29 is 18.3 Å². The quantitative estimate of drug-likeness (QED) is 0.853. The molecule has 1 heterocycles. The zero-order valence-electron chi connectivity index (χ0n) is 9.47. The SMILES string of the molecule is OC(CSc1nnnn1C1CCCC1)C(F)(F)F. The summed E-state index contributed by atoms with van der Waals surface area (Å²) in [6, 6.07) is 0.172. The lowest BCUT2D eigenvalue weighted by atomic mass is 10.3. The van der Waals surface area contributed by atoms with Gasteiger partial charge in [-0.2, -0.15) is 13.2 Å². The van der Waals surface area contributed by atoms with Gasteiger partial charge in [0, 0.05) is 5.75 Å². The van der Waals surface area contributed by atoms with E-state index in [1.54, 1.807) is 4.68 Å². The van der Waals surface area contributed by atoms with Crippen LogP contribution < -0.4 is 0 Å². The van der Waals surface area contributed by atoms with Gasteiger partial charge in [0.25, 0.3) is 0 Å². The van der Waals surface area contributed by atoms with E-state index in [0.717, 1.165) is 37.4 Å². The fourth-order valence-corrected chi connectivity index (χ4v) is 2.81. The van der Waals surface area contributed by atoms with Crippen molar-refractivity contribution in [3.05, 3.63) is 0 Å². The normalized spacial score (nSPS) is 19.3. The van der Waals surface area contributed by atoms with E-state index < -0.39 is 18.0 Å². The molecule has 0 amide bonds. The third kappa shape index (κ3) is 3.14. The summed E-state index contributed by atoms with van der Waals surface area (Å²) in [5.41, 5.74) is 0. The second kappa shape index (κ2) is 5.43. The van der Waals surface area contributed by atoms with Crippen LogP contribution in [0.2, 0.25) is 0 Å². The average Bonchev–Trinajstić information content (AvgIpc) is 2.94. The molecule has 0 aromatic carbocycles. The van der Waals surface area contributed by atoms with Gasteiger partial charge in [-0.25, -0.2) is 4.68 Å². The van der Waals surface area contributed by atoms with E-state index in [1.165, 1.54) is 0 Å². The number of aliphatic hydroxyl groups is 1. The number of thioether (sulfide) groups is 1. The van der Waals surface area contributed by atoms with Crippen molar-refractivity contribution in [1.29, 1.82) is 0 Å². The Balaban J connectivity index is 1.95. The van der Waals surface area contributed by atoms with Gasteiger partial charge >= 0.3 is 6.18 Å². The van der Waals surface area contributed by atoms with Crippen LogP contribution in [0.5, 0.6) is 0 Å². The lowest BCUT2D eigenvalue weighted by Crippen LogP contribution is -2.30. The Morgan fingerprint density at radius 3 is 2.67 bits per heavy atom. The van der Waals surface area contributed by atoms with Gasteiger partial charge in [-0.1, -0.05) is 24.6 Å². The molecule has 1 saturated carbocycles. The largest absolute Gasteiger partial charge is 0.415 e. The van der Waals surface area contributed by atoms with E-state index in [9.17, 15) is 13.2 Å². The molecule has 5 nitrogen and oxygen atoms in total. The summed E-state index contributed by atoms with van der Waals surface area (Å²) < 4.78 is 38.0. The molecule has 9 heteroatoms. The molecule has 1 fully saturated rings. The van der Waals surface area contributed by atoms with Crippen LogP contribution in [-0.2, 0) is 0 Å². The van der Waals surface area contributed by atoms with Crippen molar-refractivity contribution in [3.8, 4) is 0 Å². The molecular weight excluding hydrogens is 269 g/mol. The fraction of sp³-hybridized carbons (Fsp3) is 0.889. The summed E-state index contributed by atoms with van der Waals surface area (Å²) in [5, 5.41) is 20.3. The van der Waals surface area contributed by atoms with Crippen LogP contribution in [-0.4, -0.2) is 43.3 Å². The molecule has 1 atom stereocenters. The number of hydrogen-bond donors (Lipinski definition) is 1. The fourth-order valence-electron chi connectivity index (χ4n) is 1.91. The zero-order chi connectivity index (χ0) is 13.2. The predicted octanol–water partition coefficient (Wildman–Crippen LogP) is 1.80. The maximum absolute atomic E-state index is 12.2. The predicted molar refractivity (Wildman–Crippen MR) is 58.1 cm³/mol. The Morgan fingerprint density at radius 1 is 1.39 bits per heavy atom. The molecule has 18 heavy (non-hydrogen) atoms. The van der Waals surface area contributed by atoms with E-state index in [-0.39, 0.29) is 6.04 Å². The minimum absolute atomic E-state index is 0.172. The number of halogens is 3. The first kappa shape index (κ1) is 13.6. The number of tetrazole rings is 1. The summed E-state index contributed by atoms with van der Waals surface area (Å²) in [6.45, 7) is 0. The lowest BCUT2D eigenvalue weighted by Gasteiger charge is -2.14. The topological polar surface area (TPSA) is 63.8 Å². The number of alkyl halides is 3. The maximum atomic E-state index is 12.2. The molecule has 1 N–H and O–H groups in total. The van der Waals surface area contributed by atoms with Crippen LogP contribution in [0.25, 0.3) is 0 Å². The van der Waals surface area contributed by atoms with Crippen LogP contribution in [0.4, 0.5) is 13.2 Å². The monoisotopic (exact) mass is 282 g/mol. The molecule has 102 valence electrons. The average molecular weight is 282 g/mol. The Morgan fingerprint density at radius 2 is 2.06 bits per heavy atom. The van der Waals surface area contributed by atoms with Gasteiger partial charge in [-0.15, -0.1) is 5.10 Å². The van der Waals surface area contributed by atoms with Crippen molar-refractivity contribution in [2.45, 2.75) is 49.2 Å². The van der Waals surface area contributed by atoms with E-state index in [1.807, 2.05) is 0 Å². The highest BCUT2D eigenvalue weighted by Gasteiger charge is 2.38. The highest BCUT2D eigenvalue weighted by Crippen LogP contribution is 2.32. The lowest BCUT2D eigenvalue weighted by molar-refractivity contribution is -0.195. The molecule has 0 aliphatic heterocycles. The minimum atomic E-state index is -4.60. The van der Waals surface area contributed by atoms with Crippen molar-refractivity contribution in [1.82, 2.24) is 20.2 Å². The van der Waals surface area contributed by atoms with Crippen LogP contribution in [0.15, 0.2) is 5.16 Å². The second-order valence-corrected chi connectivity index (χ2v) is 5.20. The first-order chi connectivity index (χ1) is 8.48. The van der Waals surface area contributed by atoms with Crippen LogP contribution in [0.1, 0.15) is 31.7 Å². The Labute approximate surface area is 106 Å². The molecule has 0 radical (unpaired) electrons. The zero-order valence-corrected chi connectivity index (χ0v) is 10.3. The summed E-state index contributed by atoms with van der Waals surface area (Å²) in [5.74, 6) is -0.489. The third-order valence-electron chi connectivity index (χ3n) is 2.88. The third-order valence-corrected chi connectivity index (χ3v) is 3.89. The molecule has 1 unspecified atom stereocenters. The van der Waals surface area contributed by atoms with Crippen molar-refractivity contribution in [2.75, 3.05) is 5.75 Å². The van der Waals surface area contributed by atoms with Gasteiger partial charge in [0.2, 0.25) is 5.16 Å². The van der Waals surface area contributed by atoms with Gasteiger partial charge in [0.1, 0.15) is 0 Å². The number of hydrogen-bond acceptors (Lipinski definition) is 5. The maximum Gasteiger partial charge on any atom is 0.415 e. The van der Waals surface area contributed by atoms with Crippen molar-refractivity contribution in [2.24, 2.45) is 0 Å². The molecule has 1 aromatic heterocycles. The first-order valence-electron chi connectivity index (χ1n) is 5.64. The van der Waals surface area contributed by atoms with E-state index in [2.05, 4.69) is 15.5 Å². The van der Waals surface area contributed by atoms with E-state index >= 15 is 0 Å². The molecule has 0 bridgehead atoms. The van der Waals surface area contributed by atoms with E-state index in [4.69, 9.17) is 5.11 Å². The van der Waals surface area contributed by atoms with Gasteiger partial charge in [-0.05, 0) is 23.3 Å². The first-order valence-corrected chi connectivity index (χ1v) is 6.62. The molecule has 0 saturated heterocycles. The molecule has 0 spiro atoms. The number of aliphatic hydroxyl groups excluding tert-OH is 1. The van der Waals surface area contributed by atoms with Gasteiger partial charge in [0.05, 0.1) is 6.04 Å². The highest BCUT2D eigenvalue weighted by molar-refractivity contribution is 7.99. The molecule has 1 aliphatic carbocycles. The van der Waals surface area contributed by atoms with Crippen LogP contribution in [0, 0.1) is 0 Å². The number of rotatable bonds is 4. The van der Waals surface area contributed by atoms with Gasteiger partial charge in [0.15, 0.2) is 6.10 Å². The van der Waals surface area contributed by atoms with E-state index in [0.29, 0.717) is 5.16 Å². The minimum Gasteiger partial charge on any atom is -0.383 e. The van der Waals surface area contributed by atoms with Crippen LogP contribution in [0.3, 0.4) is 0 Å². The number of aromatic nitrogens is 4. The summed E-state index contributed by atoms with van der Waals surface area (Å²) in [7, 11) is 0. The molecular formula is C9H13F3N4OS. The molecule has 2 rings (SSSR count). The standard InChI is InChI=1S/C9H13F3N4OS/c10-9(11,12)7(17)5-18-8-13-14-15-16(8)6-3-1-2-4-6/h6-7,17H,1-5H2. The smallest absolute Gasteiger partial charge is 0.383 e. The summed E-state index contributed by atoms with van der Waals surface area (Å²) in [4.78, 5) is 0. The Bertz CT molecular complexity index is 391. The van der Waals surface area contributed by atoms with Crippen molar-refractivity contribution in [3.63, 3.8) is 0 Å². The summed E-state index contributed by atoms with van der Waals surface area (Å²) >= 11 is 0.832. The van der Waals surface area contributed by atoms with Gasteiger partial charge in [-0.3, -0.25) is 0 Å². The van der Waals surface area contributed by atoms with Crippen molar-refractivity contribution >= 4 is 11.8 Å².